The van der Waals surface area contributed by atoms with Crippen LogP contribution in [0.15, 0.2) is 29.3 Å². The first-order chi connectivity index (χ1) is 12.5. The maximum absolute atomic E-state index is 11.2. The van der Waals surface area contributed by atoms with E-state index in [1.165, 1.54) is 5.56 Å². The van der Waals surface area contributed by atoms with Gasteiger partial charge in [-0.2, -0.15) is 0 Å². The lowest BCUT2D eigenvalue weighted by Crippen LogP contribution is -2.50. The van der Waals surface area contributed by atoms with Gasteiger partial charge in [-0.15, -0.1) is 0 Å². The molecule has 0 saturated carbocycles. The van der Waals surface area contributed by atoms with Gasteiger partial charge in [-0.05, 0) is 45.7 Å². The molecule has 144 valence electrons. The molecular formula is C19H31N5O2. The molecule has 1 unspecified atom stereocenters. The van der Waals surface area contributed by atoms with Gasteiger partial charge in [0.15, 0.2) is 5.96 Å². The maximum Gasteiger partial charge on any atom is 0.314 e. The molecule has 2 amide bonds. The topological polar surface area (TPSA) is 92.0 Å². The molecule has 26 heavy (non-hydrogen) atoms. The normalized spacial score (nSPS) is 16.9. The third-order valence-electron chi connectivity index (χ3n) is 4.36. The number of amides is 2. The van der Waals surface area contributed by atoms with Gasteiger partial charge in [0.25, 0.3) is 0 Å². The molecule has 7 heteroatoms. The Morgan fingerprint density at radius 1 is 1.35 bits per heavy atom. The van der Waals surface area contributed by atoms with Gasteiger partial charge in [0.05, 0.1) is 6.54 Å². The number of aryl methyl sites for hydroxylation is 1. The Hall–Kier alpha value is -2.44. The number of rotatable bonds is 6. The van der Waals surface area contributed by atoms with Gasteiger partial charge >= 0.3 is 6.03 Å². The summed E-state index contributed by atoms with van der Waals surface area (Å²) in [5.74, 6) is 1.64. The Balaban J connectivity index is 1.83. The Bertz CT molecular complexity index is 594. The van der Waals surface area contributed by atoms with Crippen LogP contribution in [0.5, 0.6) is 5.75 Å². The van der Waals surface area contributed by atoms with Crippen LogP contribution in [0.2, 0.25) is 0 Å². The number of aliphatic imine (C=N–C) groups is 1. The van der Waals surface area contributed by atoms with Gasteiger partial charge in [0.2, 0.25) is 0 Å². The summed E-state index contributed by atoms with van der Waals surface area (Å²) in [4.78, 5) is 17.5. The highest BCUT2D eigenvalue weighted by molar-refractivity contribution is 5.80. The number of carbonyl (C=O) groups is 1. The summed E-state index contributed by atoms with van der Waals surface area (Å²) in [6, 6.07) is 7.98. The predicted molar refractivity (Wildman–Crippen MR) is 105 cm³/mol. The molecule has 2 rings (SSSR count). The summed E-state index contributed by atoms with van der Waals surface area (Å²) < 4.78 is 5.91. The fraction of sp³-hybridized carbons (Fsp3) is 0.579. The van der Waals surface area contributed by atoms with Gasteiger partial charge in [0, 0.05) is 25.7 Å². The molecule has 1 aliphatic heterocycles. The standard InChI is InChI=1S/C19H31N5O2/c1-4-21-19(23-16-9-11-24(12-10-16)18(20)25)22-13-15(3)26-17-7-5-14(2)6-8-17/h5-8,15-16H,4,9-13H2,1-3H3,(H2,20,25)(H2,21,22,23). The van der Waals surface area contributed by atoms with Gasteiger partial charge < -0.3 is 26.0 Å². The van der Waals surface area contributed by atoms with E-state index in [2.05, 4.69) is 22.5 Å². The van der Waals surface area contributed by atoms with Crippen LogP contribution in [0, 0.1) is 6.92 Å². The largest absolute Gasteiger partial charge is 0.489 e. The lowest BCUT2D eigenvalue weighted by Gasteiger charge is -2.32. The average molecular weight is 361 g/mol. The van der Waals surface area contributed by atoms with Crippen LogP contribution in [-0.2, 0) is 0 Å². The molecule has 0 aromatic heterocycles. The molecule has 0 aliphatic carbocycles. The number of likely N-dealkylation sites (tertiary alicyclic amines) is 1. The first kappa shape index (κ1) is 19.9. The summed E-state index contributed by atoms with van der Waals surface area (Å²) in [5, 5.41) is 6.72. The molecular weight excluding hydrogens is 330 g/mol. The van der Waals surface area contributed by atoms with Crippen molar-refractivity contribution in [3.8, 4) is 5.75 Å². The van der Waals surface area contributed by atoms with Crippen molar-refractivity contribution in [3.63, 3.8) is 0 Å². The van der Waals surface area contributed by atoms with E-state index in [1.54, 1.807) is 4.90 Å². The number of urea groups is 1. The molecule has 0 bridgehead atoms. The second-order valence-electron chi connectivity index (χ2n) is 6.71. The number of ether oxygens (including phenoxy) is 1. The molecule has 1 heterocycles. The highest BCUT2D eigenvalue weighted by Gasteiger charge is 2.21. The Morgan fingerprint density at radius 2 is 2.00 bits per heavy atom. The van der Waals surface area contributed by atoms with E-state index in [9.17, 15) is 4.79 Å². The smallest absolute Gasteiger partial charge is 0.314 e. The summed E-state index contributed by atoms with van der Waals surface area (Å²) in [6.07, 6.45) is 1.70. The number of nitrogens with two attached hydrogens (primary N) is 1. The minimum Gasteiger partial charge on any atom is -0.489 e. The number of benzene rings is 1. The van der Waals surface area contributed by atoms with Crippen LogP contribution >= 0.6 is 0 Å². The average Bonchev–Trinajstić information content (AvgIpc) is 2.62. The second kappa shape index (κ2) is 9.89. The number of guanidine groups is 1. The Labute approximate surface area is 156 Å². The van der Waals surface area contributed by atoms with E-state index in [1.807, 2.05) is 38.1 Å². The van der Waals surface area contributed by atoms with Crippen molar-refractivity contribution in [1.29, 1.82) is 0 Å². The highest BCUT2D eigenvalue weighted by atomic mass is 16.5. The third kappa shape index (κ3) is 6.46. The number of carbonyl (C=O) groups excluding carboxylic acids is 1. The minimum atomic E-state index is -0.342. The van der Waals surface area contributed by atoms with Crippen molar-refractivity contribution in [2.24, 2.45) is 10.7 Å². The van der Waals surface area contributed by atoms with Gasteiger partial charge in [0.1, 0.15) is 11.9 Å². The predicted octanol–water partition coefficient (Wildman–Crippen LogP) is 1.86. The van der Waals surface area contributed by atoms with Crippen LogP contribution in [0.1, 0.15) is 32.3 Å². The first-order valence-corrected chi connectivity index (χ1v) is 9.30. The van der Waals surface area contributed by atoms with E-state index in [0.717, 1.165) is 31.1 Å². The molecule has 1 aliphatic rings. The Morgan fingerprint density at radius 3 is 2.58 bits per heavy atom. The fourth-order valence-electron chi connectivity index (χ4n) is 2.86. The first-order valence-electron chi connectivity index (χ1n) is 9.30. The summed E-state index contributed by atoms with van der Waals surface area (Å²) in [7, 11) is 0. The molecule has 0 spiro atoms. The molecule has 4 N–H and O–H groups in total. The van der Waals surface area contributed by atoms with E-state index in [0.29, 0.717) is 19.6 Å². The zero-order valence-electron chi connectivity index (χ0n) is 16.0. The summed E-state index contributed by atoms with van der Waals surface area (Å²) in [6.45, 7) is 8.82. The van der Waals surface area contributed by atoms with Crippen LogP contribution < -0.4 is 21.1 Å². The molecule has 1 aromatic rings. The molecule has 1 fully saturated rings. The van der Waals surface area contributed by atoms with E-state index >= 15 is 0 Å². The van der Waals surface area contributed by atoms with Crippen LogP contribution in [0.3, 0.4) is 0 Å². The number of nitrogens with one attached hydrogen (secondary N) is 2. The van der Waals surface area contributed by atoms with Crippen molar-refractivity contribution >= 4 is 12.0 Å². The van der Waals surface area contributed by atoms with Gasteiger partial charge in [-0.3, -0.25) is 0 Å². The third-order valence-corrected chi connectivity index (χ3v) is 4.36. The second-order valence-corrected chi connectivity index (χ2v) is 6.71. The van der Waals surface area contributed by atoms with Crippen LogP contribution in [0.25, 0.3) is 0 Å². The van der Waals surface area contributed by atoms with Gasteiger partial charge in [-0.1, -0.05) is 17.7 Å². The summed E-state index contributed by atoms with van der Waals surface area (Å²) >= 11 is 0. The zero-order valence-corrected chi connectivity index (χ0v) is 16.0. The fourth-order valence-corrected chi connectivity index (χ4v) is 2.86. The molecule has 0 radical (unpaired) electrons. The maximum atomic E-state index is 11.2. The quantitative estimate of drug-likeness (QED) is 0.533. The van der Waals surface area contributed by atoms with Crippen molar-refractivity contribution in [1.82, 2.24) is 15.5 Å². The SMILES string of the molecule is CCNC(=NCC(C)Oc1ccc(C)cc1)NC1CCN(C(N)=O)CC1. The van der Waals surface area contributed by atoms with E-state index in [-0.39, 0.29) is 18.2 Å². The van der Waals surface area contributed by atoms with Crippen molar-refractivity contribution in [2.75, 3.05) is 26.2 Å². The summed E-state index contributed by atoms with van der Waals surface area (Å²) in [5.41, 5.74) is 6.54. The molecule has 1 saturated heterocycles. The minimum absolute atomic E-state index is 0.0233. The van der Waals surface area contributed by atoms with Crippen molar-refractivity contribution in [3.05, 3.63) is 29.8 Å². The highest BCUT2D eigenvalue weighted by Crippen LogP contribution is 2.13. The lowest BCUT2D eigenvalue weighted by molar-refractivity contribution is 0.188. The number of nitrogens with zero attached hydrogens (tertiary/aromatic N) is 2. The van der Waals surface area contributed by atoms with E-state index < -0.39 is 0 Å². The lowest BCUT2D eigenvalue weighted by atomic mass is 10.1. The number of piperidine rings is 1. The van der Waals surface area contributed by atoms with Crippen molar-refractivity contribution in [2.45, 2.75) is 45.8 Å². The molecule has 1 atom stereocenters. The van der Waals surface area contributed by atoms with Crippen molar-refractivity contribution < 1.29 is 9.53 Å². The number of hydrogen-bond donors (Lipinski definition) is 3. The molecule has 1 aromatic carbocycles. The van der Waals surface area contributed by atoms with Crippen LogP contribution in [-0.4, -0.2) is 55.2 Å². The van der Waals surface area contributed by atoms with E-state index in [4.69, 9.17) is 10.5 Å². The number of primary amides is 1. The van der Waals surface area contributed by atoms with Gasteiger partial charge in [-0.25, -0.2) is 9.79 Å². The Kier molecular flexibility index (Phi) is 7.56. The zero-order chi connectivity index (χ0) is 18.9. The monoisotopic (exact) mass is 361 g/mol. The number of hydrogen-bond acceptors (Lipinski definition) is 3. The van der Waals surface area contributed by atoms with Crippen LogP contribution in [0.4, 0.5) is 4.79 Å². The molecule has 7 nitrogen and oxygen atoms in total.